The largest absolute Gasteiger partial charge is 0.347 e. The molecule has 0 atom stereocenters. The third-order valence-corrected chi connectivity index (χ3v) is 4.67. The lowest BCUT2D eigenvalue weighted by Crippen LogP contribution is -2.16. The fraction of sp³-hybridized carbons (Fsp3) is 0.400. The molecule has 1 N–H and O–H groups in total. The average Bonchev–Trinajstić information content (AvgIpc) is 3.13. The van der Waals surface area contributed by atoms with Crippen LogP contribution in [0.25, 0.3) is 0 Å². The predicted molar refractivity (Wildman–Crippen MR) is 85.5 cm³/mol. The van der Waals surface area contributed by atoms with Gasteiger partial charge < -0.3 is 10.2 Å². The van der Waals surface area contributed by atoms with Gasteiger partial charge in [-0.1, -0.05) is 23.7 Å². The second-order valence-electron chi connectivity index (χ2n) is 5.25. The lowest BCUT2D eigenvalue weighted by molar-refractivity contribution is 0.694. The molecule has 1 aliphatic rings. The first-order valence-corrected chi connectivity index (χ1v) is 8.04. The summed E-state index contributed by atoms with van der Waals surface area (Å²) in [6, 6.07) is 8.71. The Balaban J connectivity index is 1.59. The van der Waals surface area contributed by atoms with E-state index in [2.05, 4.69) is 28.3 Å². The fourth-order valence-corrected chi connectivity index (χ4v) is 3.10. The van der Waals surface area contributed by atoms with Gasteiger partial charge in [0.2, 0.25) is 0 Å². The lowest BCUT2D eigenvalue weighted by atomic mass is 10.2. The zero-order chi connectivity index (χ0) is 13.9. The van der Waals surface area contributed by atoms with Crippen LogP contribution in [0.5, 0.6) is 0 Å². The first-order chi connectivity index (χ1) is 9.70. The van der Waals surface area contributed by atoms with Crippen LogP contribution in [-0.2, 0) is 13.1 Å². The smallest absolute Gasteiger partial charge is 0.185 e. The number of rotatable bonds is 6. The van der Waals surface area contributed by atoms with E-state index < -0.39 is 0 Å². The number of nitrogens with zero attached hydrogens (tertiary/aromatic N) is 2. The maximum Gasteiger partial charge on any atom is 0.185 e. The van der Waals surface area contributed by atoms with E-state index in [1.54, 1.807) is 11.3 Å². The van der Waals surface area contributed by atoms with Gasteiger partial charge in [0.25, 0.3) is 0 Å². The van der Waals surface area contributed by atoms with Crippen LogP contribution < -0.4 is 10.2 Å². The molecule has 3 nitrogen and oxygen atoms in total. The van der Waals surface area contributed by atoms with Gasteiger partial charge in [-0.25, -0.2) is 4.98 Å². The molecule has 1 fully saturated rings. The van der Waals surface area contributed by atoms with Gasteiger partial charge in [-0.3, -0.25) is 0 Å². The van der Waals surface area contributed by atoms with Crippen molar-refractivity contribution in [2.45, 2.75) is 32.0 Å². The molecule has 1 heterocycles. The number of hydrogen-bond acceptors (Lipinski definition) is 4. The Morgan fingerprint density at radius 3 is 3.05 bits per heavy atom. The summed E-state index contributed by atoms with van der Waals surface area (Å²) in [7, 11) is 2.07. The van der Waals surface area contributed by atoms with Crippen molar-refractivity contribution in [3.8, 4) is 0 Å². The Hall–Kier alpha value is -1.10. The Morgan fingerprint density at radius 1 is 1.45 bits per heavy atom. The molecular weight excluding hydrogens is 290 g/mol. The van der Waals surface area contributed by atoms with Crippen LogP contribution >= 0.6 is 22.9 Å². The number of anilines is 1. The SMILES string of the molecule is CN(Cc1cccc(Cl)c1)c1ncc(CNC2CC2)s1. The molecule has 0 amide bonds. The van der Waals surface area contributed by atoms with Gasteiger partial charge in [-0.05, 0) is 30.5 Å². The van der Waals surface area contributed by atoms with E-state index in [9.17, 15) is 0 Å². The molecule has 0 aliphatic heterocycles. The minimum Gasteiger partial charge on any atom is -0.347 e. The molecule has 1 saturated carbocycles. The van der Waals surface area contributed by atoms with Gasteiger partial charge in [0.05, 0.1) is 0 Å². The molecule has 5 heteroatoms. The van der Waals surface area contributed by atoms with Gasteiger partial charge in [0.1, 0.15) is 0 Å². The van der Waals surface area contributed by atoms with Crippen LogP contribution in [0, 0.1) is 0 Å². The van der Waals surface area contributed by atoms with Crippen molar-refractivity contribution in [3.63, 3.8) is 0 Å². The van der Waals surface area contributed by atoms with E-state index in [1.165, 1.54) is 23.3 Å². The first kappa shape index (κ1) is 13.9. The van der Waals surface area contributed by atoms with Crippen LogP contribution in [0.3, 0.4) is 0 Å². The van der Waals surface area contributed by atoms with Crippen LogP contribution in [0.2, 0.25) is 5.02 Å². The standard InChI is InChI=1S/C15H18ClN3S/c1-19(10-11-3-2-4-12(16)7-11)15-18-9-14(20-15)8-17-13-5-6-13/h2-4,7,9,13,17H,5-6,8,10H2,1H3. The number of thiazole rings is 1. The Kier molecular flexibility index (Phi) is 4.24. The third-order valence-electron chi connectivity index (χ3n) is 3.32. The molecule has 1 aliphatic carbocycles. The summed E-state index contributed by atoms with van der Waals surface area (Å²) in [5.41, 5.74) is 1.20. The van der Waals surface area contributed by atoms with Gasteiger partial charge in [0, 0.05) is 42.3 Å². The van der Waals surface area contributed by atoms with Crippen molar-refractivity contribution >= 4 is 28.1 Å². The molecule has 1 aromatic heterocycles. The highest BCUT2D eigenvalue weighted by molar-refractivity contribution is 7.15. The topological polar surface area (TPSA) is 28.2 Å². The van der Waals surface area contributed by atoms with Crippen molar-refractivity contribution < 1.29 is 0 Å². The summed E-state index contributed by atoms with van der Waals surface area (Å²) in [6.45, 7) is 1.76. The molecule has 0 saturated heterocycles. The minimum absolute atomic E-state index is 0.741. The Bertz CT molecular complexity index is 580. The molecule has 1 aromatic carbocycles. The van der Waals surface area contributed by atoms with Gasteiger partial charge >= 0.3 is 0 Å². The van der Waals surface area contributed by atoms with Crippen molar-refractivity contribution in [3.05, 3.63) is 45.9 Å². The summed E-state index contributed by atoms with van der Waals surface area (Å²) in [6.07, 6.45) is 4.62. The van der Waals surface area contributed by atoms with Crippen molar-refractivity contribution in [2.24, 2.45) is 0 Å². The Morgan fingerprint density at radius 2 is 2.30 bits per heavy atom. The van der Waals surface area contributed by atoms with Gasteiger partial charge in [-0.15, -0.1) is 11.3 Å². The second-order valence-corrected chi connectivity index (χ2v) is 6.78. The maximum atomic E-state index is 6.02. The number of hydrogen-bond donors (Lipinski definition) is 1. The average molecular weight is 308 g/mol. The number of benzene rings is 1. The molecule has 0 spiro atoms. The predicted octanol–water partition coefficient (Wildman–Crippen LogP) is 3.68. The molecule has 3 rings (SSSR count). The lowest BCUT2D eigenvalue weighted by Gasteiger charge is -2.15. The number of aromatic nitrogens is 1. The quantitative estimate of drug-likeness (QED) is 0.882. The van der Waals surface area contributed by atoms with Crippen molar-refractivity contribution in [2.75, 3.05) is 11.9 Å². The molecular formula is C15H18ClN3S. The number of halogens is 1. The summed E-state index contributed by atoms with van der Waals surface area (Å²) in [5.74, 6) is 0. The summed E-state index contributed by atoms with van der Waals surface area (Å²) < 4.78 is 0. The van der Waals surface area contributed by atoms with Gasteiger partial charge in [0.15, 0.2) is 5.13 Å². The Labute approximate surface area is 128 Å². The summed E-state index contributed by atoms with van der Waals surface area (Å²) in [5, 5.41) is 5.35. The summed E-state index contributed by atoms with van der Waals surface area (Å²) >= 11 is 7.77. The van der Waals surface area contributed by atoms with E-state index in [0.717, 1.165) is 29.3 Å². The van der Waals surface area contributed by atoms with Crippen molar-refractivity contribution in [1.29, 1.82) is 0 Å². The highest BCUT2D eigenvalue weighted by Crippen LogP contribution is 2.25. The van der Waals surface area contributed by atoms with Crippen LogP contribution in [0.1, 0.15) is 23.3 Å². The molecule has 0 radical (unpaired) electrons. The van der Waals surface area contributed by atoms with Crippen LogP contribution in [0.15, 0.2) is 30.5 Å². The first-order valence-electron chi connectivity index (χ1n) is 6.84. The third kappa shape index (κ3) is 3.72. The molecule has 2 aromatic rings. The molecule has 20 heavy (non-hydrogen) atoms. The highest BCUT2D eigenvalue weighted by atomic mass is 35.5. The summed E-state index contributed by atoms with van der Waals surface area (Å²) in [4.78, 5) is 7.96. The van der Waals surface area contributed by atoms with E-state index >= 15 is 0 Å². The monoisotopic (exact) mass is 307 g/mol. The zero-order valence-corrected chi connectivity index (χ0v) is 13.0. The fourth-order valence-electron chi connectivity index (χ4n) is 2.06. The van der Waals surface area contributed by atoms with Crippen LogP contribution in [0.4, 0.5) is 5.13 Å². The number of nitrogens with one attached hydrogen (secondary N) is 1. The van der Waals surface area contributed by atoms with E-state index in [4.69, 9.17) is 11.6 Å². The second kappa shape index (κ2) is 6.12. The molecule has 0 unspecified atom stereocenters. The zero-order valence-electron chi connectivity index (χ0n) is 11.5. The van der Waals surface area contributed by atoms with E-state index in [-0.39, 0.29) is 0 Å². The molecule has 0 bridgehead atoms. The molecule has 106 valence electrons. The van der Waals surface area contributed by atoms with E-state index in [0.29, 0.717) is 0 Å². The highest BCUT2D eigenvalue weighted by Gasteiger charge is 2.20. The van der Waals surface area contributed by atoms with Gasteiger partial charge in [-0.2, -0.15) is 0 Å². The van der Waals surface area contributed by atoms with Crippen molar-refractivity contribution in [1.82, 2.24) is 10.3 Å². The van der Waals surface area contributed by atoms with Crippen LogP contribution in [-0.4, -0.2) is 18.1 Å². The van der Waals surface area contributed by atoms with E-state index in [1.807, 2.05) is 24.4 Å². The minimum atomic E-state index is 0.741. The maximum absolute atomic E-state index is 6.02. The normalized spacial score (nSPS) is 14.5.